The largest absolute Gasteiger partial charge is 0.378 e. The second kappa shape index (κ2) is 7.16. The zero-order chi connectivity index (χ0) is 19.0. The molecule has 1 saturated heterocycles. The first-order valence-corrected chi connectivity index (χ1v) is 9.51. The lowest BCUT2D eigenvalue weighted by atomic mass is 10.0. The number of nitrogens with zero attached hydrogens (tertiary/aromatic N) is 3. The molecule has 2 aromatic carbocycles. The number of fused-ring (bicyclic) bond motifs is 1. The molecule has 0 spiro atoms. The van der Waals surface area contributed by atoms with E-state index in [1.807, 2.05) is 30.0 Å². The van der Waals surface area contributed by atoms with Crippen LogP contribution in [0.4, 0.5) is 0 Å². The van der Waals surface area contributed by atoms with Gasteiger partial charge in [0.05, 0.1) is 24.2 Å². The third-order valence-corrected chi connectivity index (χ3v) is 5.19. The molecule has 0 N–H and O–H groups in total. The summed E-state index contributed by atoms with van der Waals surface area (Å²) in [5.74, 6) is 1.47. The van der Waals surface area contributed by atoms with Crippen LogP contribution in [0.15, 0.2) is 42.5 Å². The van der Waals surface area contributed by atoms with Crippen molar-refractivity contribution >= 4 is 16.9 Å². The monoisotopic (exact) mass is 363 g/mol. The fraction of sp³-hybridized carbons (Fsp3) is 0.364. The number of amides is 1. The first kappa shape index (κ1) is 17.7. The molecule has 5 heteroatoms. The molecule has 1 aromatic heterocycles. The summed E-state index contributed by atoms with van der Waals surface area (Å²) in [4.78, 5) is 19.3. The van der Waals surface area contributed by atoms with Crippen LogP contribution in [0.25, 0.3) is 16.7 Å². The number of ether oxygens (including phenoxy) is 1. The van der Waals surface area contributed by atoms with E-state index in [1.54, 1.807) is 0 Å². The molecule has 0 unspecified atom stereocenters. The number of imidazole rings is 1. The summed E-state index contributed by atoms with van der Waals surface area (Å²) in [6, 6.07) is 14.4. The Kier molecular flexibility index (Phi) is 4.70. The minimum atomic E-state index is 0.0497. The average Bonchev–Trinajstić information content (AvgIpc) is 3.03. The number of morpholine rings is 1. The van der Waals surface area contributed by atoms with E-state index in [1.165, 1.54) is 5.56 Å². The third kappa shape index (κ3) is 3.35. The van der Waals surface area contributed by atoms with Gasteiger partial charge in [-0.15, -0.1) is 0 Å². The fourth-order valence-electron chi connectivity index (χ4n) is 3.62. The molecule has 0 aliphatic carbocycles. The average molecular weight is 363 g/mol. The van der Waals surface area contributed by atoms with Gasteiger partial charge in [0.25, 0.3) is 5.91 Å². The second-order valence-electron chi connectivity index (χ2n) is 7.35. The van der Waals surface area contributed by atoms with Gasteiger partial charge in [-0.1, -0.05) is 26.0 Å². The smallest absolute Gasteiger partial charge is 0.254 e. The normalized spacial score (nSPS) is 14.9. The van der Waals surface area contributed by atoms with Crippen LogP contribution in [0, 0.1) is 6.92 Å². The quantitative estimate of drug-likeness (QED) is 0.708. The molecule has 0 atom stereocenters. The van der Waals surface area contributed by atoms with E-state index in [4.69, 9.17) is 9.72 Å². The highest BCUT2D eigenvalue weighted by molar-refractivity contribution is 5.97. The van der Waals surface area contributed by atoms with Gasteiger partial charge < -0.3 is 9.64 Å². The SMILES string of the molecule is Cc1nc2cc(C(=O)N3CCOCC3)ccc2n1-c1ccc(C(C)C)cc1. The lowest BCUT2D eigenvalue weighted by Crippen LogP contribution is -2.40. The van der Waals surface area contributed by atoms with Crippen molar-refractivity contribution in [3.63, 3.8) is 0 Å². The van der Waals surface area contributed by atoms with E-state index in [-0.39, 0.29) is 5.91 Å². The maximum absolute atomic E-state index is 12.7. The molecular weight excluding hydrogens is 338 g/mol. The molecule has 5 nitrogen and oxygen atoms in total. The van der Waals surface area contributed by atoms with Gasteiger partial charge in [0.1, 0.15) is 5.82 Å². The summed E-state index contributed by atoms with van der Waals surface area (Å²) >= 11 is 0. The van der Waals surface area contributed by atoms with Crippen LogP contribution < -0.4 is 0 Å². The Bertz CT molecular complexity index is 967. The first-order chi connectivity index (χ1) is 13.0. The number of aromatic nitrogens is 2. The lowest BCUT2D eigenvalue weighted by Gasteiger charge is -2.26. The molecule has 4 rings (SSSR count). The van der Waals surface area contributed by atoms with Crippen molar-refractivity contribution < 1.29 is 9.53 Å². The summed E-state index contributed by atoms with van der Waals surface area (Å²) in [6.07, 6.45) is 0. The molecule has 1 aliphatic heterocycles. The summed E-state index contributed by atoms with van der Waals surface area (Å²) in [5, 5.41) is 0. The van der Waals surface area contributed by atoms with Crippen molar-refractivity contribution in [3.05, 3.63) is 59.4 Å². The van der Waals surface area contributed by atoms with Gasteiger partial charge in [0.2, 0.25) is 0 Å². The van der Waals surface area contributed by atoms with Crippen molar-refractivity contribution in [1.82, 2.24) is 14.5 Å². The molecule has 3 aromatic rings. The van der Waals surface area contributed by atoms with Crippen LogP contribution in [-0.2, 0) is 4.74 Å². The number of benzene rings is 2. The Morgan fingerprint density at radius 3 is 2.44 bits per heavy atom. The maximum atomic E-state index is 12.7. The molecule has 140 valence electrons. The Morgan fingerprint density at radius 1 is 1.07 bits per heavy atom. The molecule has 1 amide bonds. The number of hydrogen-bond acceptors (Lipinski definition) is 3. The minimum Gasteiger partial charge on any atom is -0.378 e. The van der Waals surface area contributed by atoms with Gasteiger partial charge in [-0.05, 0) is 48.7 Å². The summed E-state index contributed by atoms with van der Waals surface area (Å²) < 4.78 is 7.48. The Morgan fingerprint density at radius 2 is 1.78 bits per heavy atom. The predicted molar refractivity (Wildman–Crippen MR) is 107 cm³/mol. The molecule has 0 radical (unpaired) electrons. The van der Waals surface area contributed by atoms with Crippen LogP contribution in [-0.4, -0.2) is 46.7 Å². The zero-order valence-corrected chi connectivity index (χ0v) is 16.1. The third-order valence-electron chi connectivity index (χ3n) is 5.19. The van der Waals surface area contributed by atoms with E-state index in [0.29, 0.717) is 37.8 Å². The Hall–Kier alpha value is -2.66. The topological polar surface area (TPSA) is 47.4 Å². The molecule has 0 saturated carbocycles. The van der Waals surface area contributed by atoms with Crippen LogP contribution in [0.5, 0.6) is 0 Å². The first-order valence-electron chi connectivity index (χ1n) is 9.51. The summed E-state index contributed by atoms with van der Waals surface area (Å²) in [6.45, 7) is 8.89. The van der Waals surface area contributed by atoms with E-state index in [2.05, 4.69) is 42.7 Å². The Balaban J connectivity index is 1.69. The number of aryl methyl sites for hydroxylation is 1. The van der Waals surface area contributed by atoms with Gasteiger partial charge in [0.15, 0.2) is 0 Å². The number of rotatable bonds is 3. The number of carbonyl (C=O) groups is 1. The van der Waals surface area contributed by atoms with Crippen LogP contribution in [0.2, 0.25) is 0 Å². The maximum Gasteiger partial charge on any atom is 0.254 e. The summed E-state index contributed by atoms with van der Waals surface area (Å²) in [7, 11) is 0. The van der Waals surface area contributed by atoms with E-state index in [9.17, 15) is 4.79 Å². The number of hydrogen-bond donors (Lipinski definition) is 0. The van der Waals surface area contributed by atoms with E-state index < -0.39 is 0 Å². The van der Waals surface area contributed by atoms with Crippen LogP contribution in [0.3, 0.4) is 0 Å². The Labute approximate surface area is 159 Å². The summed E-state index contributed by atoms with van der Waals surface area (Å²) in [5.41, 5.74) is 4.96. The zero-order valence-electron chi connectivity index (χ0n) is 16.1. The second-order valence-corrected chi connectivity index (χ2v) is 7.35. The van der Waals surface area contributed by atoms with Crippen molar-refractivity contribution in [2.45, 2.75) is 26.7 Å². The number of carbonyl (C=O) groups excluding carboxylic acids is 1. The van der Waals surface area contributed by atoms with Gasteiger partial charge in [-0.3, -0.25) is 9.36 Å². The minimum absolute atomic E-state index is 0.0497. The molecule has 1 fully saturated rings. The van der Waals surface area contributed by atoms with Crippen molar-refractivity contribution in [1.29, 1.82) is 0 Å². The highest BCUT2D eigenvalue weighted by Crippen LogP contribution is 2.24. The van der Waals surface area contributed by atoms with Gasteiger partial charge >= 0.3 is 0 Å². The van der Waals surface area contributed by atoms with E-state index >= 15 is 0 Å². The van der Waals surface area contributed by atoms with Gasteiger partial charge in [-0.2, -0.15) is 0 Å². The van der Waals surface area contributed by atoms with Gasteiger partial charge in [-0.25, -0.2) is 4.98 Å². The van der Waals surface area contributed by atoms with E-state index in [0.717, 1.165) is 22.5 Å². The molecule has 2 heterocycles. The predicted octanol–water partition coefficient (Wildman–Crippen LogP) is 3.93. The van der Waals surface area contributed by atoms with Crippen molar-refractivity contribution in [3.8, 4) is 5.69 Å². The fourth-order valence-corrected chi connectivity index (χ4v) is 3.62. The lowest BCUT2D eigenvalue weighted by molar-refractivity contribution is 0.0303. The highest BCUT2D eigenvalue weighted by atomic mass is 16.5. The molecule has 0 bridgehead atoms. The van der Waals surface area contributed by atoms with Crippen molar-refractivity contribution in [2.75, 3.05) is 26.3 Å². The standard InChI is InChI=1S/C22H25N3O2/c1-15(2)17-4-7-19(8-5-17)25-16(3)23-20-14-18(6-9-21(20)25)22(26)24-10-12-27-13-11-24/h4-9,14-15H,10-13H2,1-3H3. The molecular formula is C22H25N3O2. The van der Waals surface area contributed by atoms with Crippen LogP contribution in [0.1, 0.15) is 41.5 Å². The van der Waals surface area contributed by atoms with Crippen molar-refractivity contribution in [2.24, 2.45) is 0 Å². The van der Waals surface area contributed by atoms with Gasteiger partial charge in [0, 0.05) is 24.3 Å². The van der Waals surface area contributed by atoms with Crippen LogP contribution >= 0.6 is 0 Å². The highest BCUT2D eigenvalue weighted by Gasteiger charge is 2.20. The molecule has 1 aliphatic rings. The molecule has 27 heavy (non-hydrogen) atoms.